The summed E-state index contributed by atoms with van der Waals surface area (Å²) in [4.78, 5) is 33.9. The number of ketones is 1. The fourth-order valence-corrected chi connectivity index (χ4v) is 1.47. The average Bonchev–Trinajstić information content (AvgIpc) is 2.44. The number of esters is 1. The predicted molar refractivity (Wildman–Crippen MR) is 47.8 cm³/mol. The summed E-state index contributed by atoms with van der Waals surface area (Å²) in [7, 11) is 0. The van der Waals surface area contributed by atoms with Crippen molar-refractivity contribution in [3.05, 3.63) is 0 Å². The van der Waals surface area contributed by atoms with E-state index in [4.69, 9.17) is 0 Å². The Morgan fingerprint density at radius 3 is 2.53 bits per heavy atom. The summed E-state index contributed by atoms with van der Waals surface area (Å²) in [6.07, 6.45) is -4.60. The summed E-state index contributed by atoms with van der Waals surface area (Å²) in [5.41, 5.74) is 0. The minimum absolute atomic E-state index is 0.00389. The fraction of sp³-hybridized carbons (Fsp3) is 0.667. The molecule has 5 nitrogen and oxygen atoms in total. The molecule has 17 heavy (non-hydrogen) atoms. The molecule has 1 amide bonds. The normalized spacial score (nSPS) is 20.9. The van der Waals surface area contributed by atoms with Gasteiger partial charge < -0.3 is 9.64 Å². The predicted octanol–water partition coefficient (Wildman–Crippen LogP) is 0.139. The Balaban J connectivity index is 2.73. The molecule has 1 heterocycles. The number of likely N-dealkylation sites (tertiary alicyclic amines) is 1. The monoisotopic (exact) mass is 253 g/mol. The van der Waals surface area contributed by atoms with Crippen molar-refractivity contribution in [1.82, 2.24) is 4.90 Å². The molecular formula is C9H10F3NO4. The van der Waals surface area contributed by atoms with Crippen molar-refractivity contribution >= 4 is 17.7 Å². The van der Waals surface area contributed by atoms with E-state index < -0.39 is 42.8 Å². The molecule has 1 aliphatic heterocycles. The van der Waals surface area contributed by atoms with Crippen LogP contribution in [0.4, 0.5) is 13.2 Å². The molecule has 1 fully saturated rings. The molecule has 8 heteroatoms. The van der Waals surface area contributed by atoms with Crippen LogP contribution in [0.25, 0.3) is 0 Å². The maximum absolute atomic E-state index is 12.1. The molecule has 96 valence electrons. The van der Waals surface area contributed by atoms with Crippen LogP contribution < -0.4 is 0 Å². The Hall–Kier alpha value is -1.60. The second kappa shape index (κ2) is 4.72. The molecule has 0 aromatic rings. The number of ether oxygens (including phenoxy) is 1. The second-order valence-electron chi connectivity index (χ2n) is 3.47. The third-order valence-corrected chi connectivity index (χ3v) is 2.16. The molecule has 1 aliphatic rings. The lowest BCUT2D eigenvalue weighted by Crippen LogP contribution is -2.36. The minimum atomic E-state index is -4.60. The molecule has 0 aromatic heterocycles. The van der Waals surface area contributed by atoms with Crippen molar-refractivity contribution < 1.29 is 32.3 Å². The molecular weight excluding hydrogens is 243 g/mol. The van der Waals surface area contributed by atoms with Crippen molar-refractivity contribution in [3.63, 3.8) is 0 Å². The molecule has 0 radical (unpaired) electrons. The SMILES string of the molecule is CCOC(=O)C1CN(CC(F)(F)F)C(=O)C1=O. The summed E-state index contributed by atoms with van der Waals surface area (Å²) in [5, 5.41) is 0. The first-order valence-electron chi connectivity index (χ1n) is 4.82. The number of hydrogen-bond donors (Lipinski definition) is 0. The minimum Gasteiger partial charge on any atom is -0.465 e. The molecule has 0 aliphatic carbocycles. The van der Waals surface area contributed by atoms with E-state index in [9.17, 15) is 27.6 Å². The molecule has 0 bridgehead atoms. The van der Waals surface area contributed by atoms with Gasteiger partial charge in [-0.15, -0.1) is 0 Å². The van der Waals surface area contributed by atoms with E-state index >= 15 is 0 Å². The van der Waals surface area contributed by atoms with Gasteiger partial charge in [0.25, 0.3) is 5.91 Å². The van der Waals surface area contributed by atoms with Gasteiger partial charge in [-0.2, -0.15) is 13.2 Å². The van der Waals surface area contributed by atoms with Crippen molar-refractivity contribution in [2.75, 3.05) is 19.7 Å². The van der Waals surface area contributed by atoms with Crippen LogP contribution in [0.1, 0.15) is 6.92 Å². The molecule has 0 aromatic carbocycles. The molecule has 1 atom stereocenters. The zero-order valence-electron chi connectivity index (χ0n) is 8.91. The van der Waals surface area contributed by atoms with Gasteiger partial charge in [0, 0.05) is 6.54 Å². The maximum Gasteiger partial charge on any atom is 0.406 e. The largest absolute Gasteiger partial charge is 0.465 e. The van der Waals surface area contributed by atoms with Crippen molar-refractivity contribution in [2.24, 2.45) is 5.92 Å². The summed E-state index contributed by atoms with van der Waals surface area (Å²) < 4.78 is 40.7. The number of Topliss-reactive ketones (excluding diaryl/α,β-unsaturated/α-hetero) is 1. The van der Waals surface area contributed by atoms with Crippen LogP contribution in [-0.2, 0) is 19.1 Å². The number of carbonyl (C=O) groups excluding carboxylic acids is 3. The zero-order chi connectivity index (χ0) is 13.2. The van der Waals surface area contributed by atoms with Crippen LogP contribution in [-0.4, -0.2) is 48.4 Å². The zero-order valence-corrected chi connectivity index (χ0v) is 8.91. The van der Waals surface area contributed by atoms with Crippen molar-refractivity contribution in [3.8, 4) is 0 Å². The number of halogens is 3. The van der Waals surface area contributed by atoms with Gasteiger partial charge in [0.1, 0.15) is 12.5 Å². The van der Waals surface area contributed by atoms with Crippen molar-refractivity contribution in [1.29, 1.82) is 0 Å². The van der Waals surface area contributed by atoms with Gasteiger partial charge in [-0.05, 0) is 6.92 Å². The average molecular weight is 253 g/mol. The van der Waals surface area contributed by atoms with E-state index in [0.29, 0.717) is 4.90 Å². The Bertz CT molecular complexity index is 353. The summed E-state index contributed by atoms with van der Waals surface area (Å²) >= 11 is 0. The van der Waals surface area contributed by atoms with Gasteiger partial charge in [0.15, 0.2) is 0 Å². The number of amides is 1. The van der Waals surface area contributed by atoms with E-state index in [0.717, 1.165) is 0 Å². The Kier molecular flexibility index (Phi) is 3.74. The van der Waals surface area contributed by atoms with Crippen LogP contribution in [0.2, 0.25) is 0 Å². The highest BCUT2D eigenvalue weighted by molar-refractivity contribution is 6.42. The van der Waals surface area contributed by atoms with E-state index in [-0.39, 0.29) is 6.61 Å². The number of hydrogen-bond acceptors (Lipinski definition) is 4. The van der Waals surface area contributed by atoms with Gasteiger partial charge in [0.05, 0.1) is 6.61 Å². The van der Waals surface area contributed by atoms with Crippen LogP contribution in [0, 0.1) is 5.92 Å². The Morgan fingerprint density at radius 2 is 2.06 bits per heavy atom. The molecule has 0 N–H and O–H groups in total. The summed E-state index contributed by atoms with van der Waals surface area (Å²) in [6.45, 7) is -0.619. The van der Waals surface area contributed by atoms with Crippen LogP contribution in [0.3, 0.4) is 0 Å². The first-order chi connectivity index (χ1) is 7.76. The third-order valence-electron chi connectivity index (χ3n) is 2.16. The number of carbonyl (C=O) groups is 3. The number of rotatable bonds is 3. The molecule has 1 rings (SSSR count). The molecule has 1 unspecified atom stereocenters. The van der Waals surface area contributed by atoms with Gasteiger partial charge >= 0.3 is 12.1 Å². The highest BCUT2D eigenvalue weighted by atomic mass is 19.4. The smallest absolute Gasteiger partial charge is 0.406 e. The lowest BCUT2D eigenvalue weighted by Gasteiger charge is -2.16. The Morgan fingerprint density at radius 1 is 1.47 bits per heavy atom. The van der Waals surface area contributed by atoms with Crippen LogP contribution in [0.15, 0.2) is 0 Å². The first kappa shape index (κ1) is 13.5. The van der Waals surface area contributed by atoms with Crippen LogP contribution in [0.5, 0.6) is 0 Å². The summed E-state index contributed by atoms with van der Waals surface area (Å²) in [6, 6.07) is 0. The van der Waals surface area contributed by atoms with Crippen molar-refractivity contribution in [2.45, 2.75) is 13.1 Å². The van der Waals surface area contributed by atoms with Gasteiger partial charge in [-0.1, -0.05) is 0 Å². The quantitative estimate of drug-likeness (QED) is 0.407. The number of nitrogens with zero attached hydrogens (tertiary/aromatic N) is 1. The highest BCUT2D eigenvalue weighted by Crippen LogP contribution is 2.22. The van der Waals surface area contributed by atoms with Crippen LogP contribution >= 0.6 is 0 Å². The highest BCUT2D eigenvalue weighted by Gasteiger charge is 2.47. The van der Waals surface area contributed by atoms with Gasteiger partial charge in [-0.25, -0.2) is 0 Å². The van der Waals surface area contributed by atoms with E-state index in [1.165, 1.54) is 6.92 Å². The second-order valence-corrected chi connectivity index (χ2v) is 3.47. The lowest BCUT2D eigenvalue weighted by atomic mass is 10.1. The standard InChI is InChI=1S/C9H10F3NO4/c1-2-17-8(16)5-3-13(4-9(10,11)12)7(15)6(5)14/h5H,2-4H2,1H3. The van der Waals surface area contributed by atoms with Gasteiger partial charge in [0.2, 0.25) is 5.78 Å². The van der Waals surface area contributed by atoms with E-state index in [1.807, 2.05) is 0 Å². The lowest BCUT2D eigenvalue weighted by molar-refractivity contribution is -0.159. The third kappa shape index (κ3) is 3.18. The summed E-state index contributed by atoms with van der Waals surface area (Å²) in [5.74, 6) is -4.84. The molecule has 1 saturated heterocycles. The topological polar surface area (TPSA) is 63.7 Å². The molecule has 0 saturated carbocycles. The van der Waals surface area contributed by atoms with Gasteiger partial charge in [-0.3, -0.25) is 14.4 Å². The van der Waals surface area contributed by atoms with E-state index in [1.54, 1.807) is 0 Å². The first-order valence-corrected chi connectivity index (χ1v) is 4.82. The maximum atomic E-state index is 12.1. The Labute approximate surface area is 94.5 Å². The number of alkyl halides is 3. The van der Waals surface area contributed by atoms with E-state index in [2.05, 4.69) is 4.74 Å². The fourth-order valence-electron chi connectivity index (χ4n) is 1.47. The molecule has 0 spiro atoms.